The predicted octanol–water partition coefficient (Wildman–Crippen LogP) is 3.45. The summed E-state index contributed by atoms with van der Waals surface area (Å²) in [5.74, 6) is 1.97. The molecule has 0 aliphatic carbocycles. The first-order valence-electron chi connectivity index (χ1n) is 11.6. The van der Waals surface area contributed by atoms with Gasteiger partial charge in [-0.25, -0.2) is 0 Å². The molecule has 1 aliphatic rings. The molecule has 3 aromatic rings. The zero-order valence-electron chi connectivity index (χ0n) is 19.4. The third kappa shape index (κ3) is 5.06. The standard InChI is InChI=1S/C24H33N7O/c1-16(2)15-18-5-7-19(8-6-18)23(17(3)4)25-24(32)20-11-13-30(14-12-20)22-10-9-21-26-28-29-31(21)27-22/h5-10,16-17,20,23H,11-15H2,1-4H3,(H,25,32)/t23-/m1/s1. The Balaban J connectivity index is 1.36. The molecule has 1 atom stereocenters. The molecule has 1 saturated heterocycles. The van der Waals surface area contributed by atoms with Crippen LogP contribution in [0.1, 0.15) is 57.7 Å². The van der Waals surface area contributed by atoms with E-state index in [0.717, 1.165) is 38.2 Å². The number of nitrogens with zero attached hydrogens (tertiary/aromatic N) is 6. The van der Waals surface area contributed by atoms with Crippen LogP contribution in [0.3, 0.4) is 0 Å². The first-order valence-corrected chi connectivity index (χ1v) is 11.6. The normalized spacial score (nSPS) is 16.1. The lowest BCUT2D eigenvalue weighted by Crippen LogP contribution is -2.42. The molecule has 8 nitrogen and oxygen atoms in total. The number of carbonyl (C=O) groups is 1. The molecule has 8 heteroatoms. The zero-order valence-corrected chi connectivity index (χ0v) is 19.4. The number of benzene rings is 1. The number of piperidine rings is 1. The number of anilines is 1. The van der Waals surface area contributed by atoms with E-state index in [0.29, 0.717) is 17.5 Å². The second-order valence-electron chi connectivity index (χ2n) is 9.55. The Hall–Kier alpha value is -3.03. The van der Waals surface area contributed by atoms with Crippen molar-refractivity contribution in [3.8, 4) is 0 Å². The fraction of sp³-hybridized carbons (Fsp3) is 0.542. The fourth-order valence-corrected chi connectivity index (χ4v) is 4.42. The van der Waals surface area contributed by atoms with Gasteiger partial charge in [0, 0.05) is 19.0 Å². The van der Waals surface area contributed by atoms with Crippen molar-refractivity contribution >= 4 is 17.4 Å². The Morgan fingerprint density at radius 2 is 1.78 bits per heavy atom. The summed E-state index contributed by atoms with van der Waals surface area (Å²) in [6, 6.07) is 12.6. The highest BCUT2D eigenvalue weighted by atomic mass is 16.2. The van der Waals surface area contributed by atoms with E-state index in [1.807, 2.05) is 12.1 Å². The highest BCUT2D eigenvalue weighted by Gasteiger charge is 2.28. The zero-order chi connectivity index (χ0) is 22.7. The van der Waals surface area contributed by atoms with Crippen molar-refractivity contribution in [1.29, 1.82) is 0 Å². The molecular weight excluding hydrogens is 402 g/mol. The Bertz CT molecular complexity index is 1040. The molecule has 1 fully saturated rings. The molecule has 0 saturated carbocycles. The lowest BCUT2D eigenvalue weighted by molar-refractivity contribution is -0.126. The van der Waals surface area contributed by atoms with Crippen molar-refractivity contribution in [2.75, 3.05) is 18.0 Å². The second-order valence-corrected chi connectivity index (χ2v) is 9.55. The van der Waals surface area contributed by atoms with Crippen LogP contribution in [0.4, 0.5) is 5.82 Å². The minimum absolute atomic E-state index is 0.0180. The number of aromatic nitrogens is 5. The largest absolute Gasteiger partial charge is 0.355 e. The fourth-order valence-electron chi connectivity index (χ4n) is 4.42. The van der Waals surface area contributed by atoms with E-state index in [1.165, 1.54) is 15.8 Å². The summed E-state index contributed by atoms with van der Waals surface area (Å²) in [5.41, 5.74) is 3.15. The summed E-state index contributed by atoms with van der Waals surface area (Å²) in [6.07, 6.45) is 2.69. The van der Waals surface area contributed by atoms with Crippen molar-refractivity contribution in [2.45, 2.75) is 53.0 Å². The van der Waals surface area contributed by atoms with Crippen LogP contribution in [0.25, 0.3) is 5.65 Å². The van der Waals surface area contributed by atoms with Crippen LogP contribution in [0.15, 0.2) is 36.4 Å². The topological polar surface area (TPSA) is 88.3 Å². The molecule has 170 valence electrons. The number of hydrogen-bond donors (Lipinski definition) is 1. The third-order valence-corrected chi connectivity index (χ3v) is 6.19. The highest BCUT2D eigenvalue weighted by Crippen LogP contribution is 2.26. The molecule has 1 amide bonds. The third-order valence-electron chi connectivity index (χ3n) is 6.19. The van der Waals surface area contributed by atoms with E-state index in [4.69, 9.17) is 0 Å². The Kier molecular flexibility index (Phi) is 6.67. The monoisotopic (exact) mass is 435 g/mol. The first-order chi connectivity index (χ1) is 15.4. The van der Waals surface area contributed by atoms with Gasteiger partial charge in [-0.1, -0.05) is 52.0 Å². The van der Waals surface area contributed by atoms with Gasteiger partial charge in [0.05, 0.1) is 6.04 Å². The lowest BCUT2D eigenvalue weighted by atomic mass is 9.91. The number of hydrogen-bond acceptors (Lipinski definition) is 6. The maximum Gasteiger partial charge on any atom is 0.223 e. The van der Waals surface area contributed by atoms with Crippen LogP contribution in [-0.4, -0.2) is 44.3 Å². The van der Waals surface area contributed by atoms with Gasteiger partial charge in [-0.15, -0.1) is 14.8 Å². The van der Waals surface area contributed by atoms with Gasteiger partial charge in [0.1, 0.15) is 0 Å². The van der Waals surface area contributed by atoms with Crippen LogP contribution in [-0.2, 0) is 11.2 Å². The van der Waals surface area contributed by atoms with Crippen LogP contribution < -0.4 is 10.2 Å². The van der Waals surface area contributed by atoms with Crippen molar-refractivity contribution in [1.82, 2.24) is 30.6 Å². The van der Waals surface area contributed by atoms with Crippen LogP contribution in [0.5, 0.6) is 0 Å². The lowest BCUT2D eigenvalue weighted by Gasteiger charge is -2.33. The molecule has 1 aromatic carbocycles. The number of rotatable bonds is 7. The van der Waals surface area contributed by atoms with Crippen molar-refractivity contribution < 1.29 is 4.79 Å². The quantitative estimate of drug-likeness (QED) is 0.612. The van der Waals surface area contributed by atoms with Gasteiger partial charge in [0.2, 0.25) is 5.91 Å². The van der Waals surface area contributed by atoms with E-state index < -0.39 is 0 Å². The Labute approximate surface area is 189 Å². The van der Waals surface area contributed by atoms with E-state index in [-0.39, 0.29) is 17.9 Å². The molecule has 0 spiro atoms. The van der Waals surface area contributed by atoms with E-state index >= 15 is 0 Å². The minimum Gasteiger partial charge on any atom is -0.355 e. The average molecular weight is 436 g/mol. The van der Waals surface area contributed by atoms with Crippen molar-refractivity contribution in [2.24, 2.45) is 17.8 Å². The van der Waals surface area contributed by atoms with E-state index in [1.54, 1.807) is 0 Å². The maximum absolute atomic E-state index is 13.1. The summed E-state index contributed by atoms with van der Waals surface area (Å²) in [6.45, 7) is 10.4. The molecule has 4 rings (SSSR count). The van der Waals surface area contributed by atoms with Crippen molar-refractivity contribution in [3.63, 3.8) is 0 Å². The van der Waals surface area contributed by atoms with Gasteiger partial charge in [0.25, 0.3) is 0 Å². The average Bonchev–Trinajstić information content (AvgIpc) is 3.25. The Morgan fingerprint density at radius 3 is 2.44 bits per heavy atom. The van der Waals surface area contributed by atoms with Gasteiger partial charge in [-0.2, -0.15) is 0 Å². The first kappa shape index (κ1) is 22.2. The number of fused-ring (bicyclic) bond motifs is 1. The molecular formula is C24H33N7O. The Morgan fingerprint density at radius 1 is 1.06 bits per heavy atom. The van der Waals surface area contributed by atoms with Crippen LogP contribution in [0.2, 0.25) is 0 Å². The van der Waals surface area contributed by atoms with Gasteiger partial charge < -0.3 is 10.2 Å². The molecule has 0 bridgehead atoms. The number of nitrogens with one attached hydrogen (secondary N) is 1. The summed E-state index contributed by atoms with van der Waals surface area (Å²) >= 11 is 0. The molecule has 0 unspecified atom stereocenters. The molecule has 3 heterocycles. The second kappa shape index (κ2) is 9.63. The molecule has 2 aromatic heterocycles. The minimum atomic E-state index is 0.0180. The summed E-state index contributed by atoms with van der Waals surface area (Å²) < 4.78 is 1.44. The van der Waals surface area contributed by atoms with E-state index in [2.05, 4.69) is 82.8 Å². The molecule has 32 heavy (non-hydrogen) atoms. The summed E-state index contributed by atoms with van der Waals surface area (Å²) in [7, 11) is 0. The summed E-state index contributed by atoms with van der Waals surface area (Å²) in [4.78, 5) is 15.3. The molecule has 0 radical (unpaired) electrons. The van der Waals surface area contributed by atoms with E-state index in [9.17, 15) is 4.79 Å². The van der Waals surface area contributed by atoms with Gasteiger partial charge >= 0.3 is 0 Å². The number of tetrazole rings is 1. The molecule has 1 N–H and O–H groups in total. The van der Waals surface area contributed by atoms with Crippen LogP contribution >= 0.6 is 0 Å². The van der Waals surface area contributed by atoms with Gasteiger partial charge in [0.15, 0.2) is 11.5 Å². The van der Waals surface area contributed by atoms with Crippen LogP contribution in [0, 0.1) is 17.8 Å². The van der Waals surface area contributed by atoms with Gasteiger partial charge in [-0.3, -0.25) is 4.79 Å². The van der Waals surface area contributed by atoms with Crippen molar-refractivity contribution in [3.05, 3.63) is 47.5 Å². The van der Waals surface area contributed by atoms with Gasteiger partial charge in [-0.05, 0) is 64.8 Å². The SMILES string of the molecule is CC(C)Cc1ccc([C@H](NC(=O)C2CCN(c3ccc4nnnn4n3)CC2)C(C)C)cc1. The predicted molar refractivity (Wildman–Crippen MR) is 124 cm³/mol. The summed E-state index contributed by atoms with van der Waals surface area (Å²) in [5, 5.41) is 19.2. The molecule has 1 aliphatic heterocycles. The smallest absolute Gasteiger partial charge is 0.223 e. The highest BCUT2D eigenvalue weighted by molar-refractivity contribution is 5.79. The number of carbonyl (C=O) groups excluding carboxylic acids is 1. The number of amides is 1. The maximum atomic E-state index is 13.1.